The molecular formula is C55H107NO5S. The van der Waals surface area contributed by atoms with Gasteiger partial charge in [-0.05, 0) is 25.7 Å². The van der Waals surface area contributed by atoms with Crippen LogP contribution in [0.5, 0.6) is 0 Å². The number of amides is 1. The molecule has 62 heavy (non-hydrogen) atoms. The Kier molecular flexibility index (Phi) is 49.7. The van der Waals surface area contributed by atoms with Crippen molar-refractivity contribution in [3.63, 3.8) is 0 Å². The van der Waals surface area contributed by atoms with E-state index in [1.165, 1.54) is 236 Å². The first-order chi connectivity index (χ1) is 30.4. The van der Waals surface area contributed by atoms with Gasteiger partial charge < -0.3 is 15.2 Å². The van der Waals surface area contributed by atoms with Crippen LogP contribution in [0.1, 0.15) is 310 Å². The van der Waals surface area contributed by atoms with Gasteiger partial charge in [0, 0.05) is 24.3 Å². The highest BCUT2D eigenvalue weighted by molar-refractivity contribution is 7.99. The molecule has 368 valence electrons. The highest BCUT2D eigenvalue weighted by atomic mass is 32.2. The zero-order valence-corrected chi connectivity index (χ0v) is 42.7. The van der Waals surface area contributed by atoms with Gasteiger partial charge >= 0.3 is 11.9 Å². The number of nitrogens with one attached hydrogen (secondary N) is 1. The molecule has 0 fully saturated rings. The molecule has 0 saturated heterocycles. The van der Waals surface area contributed by atoms with E-state index >= 15 is 0 Å². The number of hydrogen-bond donors (Lipinski definition) is 2. The van der Waals surface area contributed by atoms with Crippen LogP contribution < -0.4 is 5.32 Å². The summed E-state index contributed by atoms with van der Waals surface area (Å²) in [5, 5.41) is 12.7. The summed E-state index contributed by atoms with van der Waals surface area (Å²) in [6.45, 7) is 6.82. The first kappa shape index (κ1) is 60.8. The lowest BCUT2D eigenvalue weighted by Crippen LogP contribution is -2.42. The molecule has 0 aliphatic rings. The lowest BCUT2D eigenvalue weighted by molar-refractivity contribution is -0.148. The number of unbranched alkanes of at least 4 members (excludes halogenated alkanes) is 39. The number of thioether (sulfide) groups is 1. The van der Waals surface area contributed by atoms with Gasteiger partial charge in [-0.25, -0.2) is 4.79 Å². The zero-order valence-electron chi connectivity index (χ0n) is 41.9. The van der Waals surface area contributed by atoms with Crippen LogP contribution in [0.3, 0.4) is 0 Å². The highest BCUT2D eigenvalue weighted by Crippen LogP contribution is 2.20. The van der Waals surface area contributed by atoms with Gasteiger partial charge in [0.15, 0.2) is 0 Å². The summed E-state index contributed by atoms with van der Waals surface area (Å²) in [6.07, 6.45) is 55.6. The molecule has 2 N–H and O–H groups in total. The third-order valence-corrected chi connectivity index (χ3v) is 14.1. The molecule has 2 atom stereocenters. The summed E-state index contributed by atoms with van der Waals surface area (Å²) in [5.74, 6) is -0.427. The van der Waals surface area contributed by atoms with Gasteiger partial charge in [0.2, 0.25) is 5.91 Å². The topological polar surface area (TPSA) is 92.7 Å². The number of rotatable bonds is 52. The Hall–Kier alpha value is -1.24. The average molecular weight is 895 g/mol. The number of ether oxygens (including phenoxy) is 1. The molecule has 0 rings (SSSR count). The molecule has 0 bridgehead atoms. The lowest BCUT2D eigenvalue weighted by atomic mass is 10.0. The van der Waals surface area contributed by atoms with Gasteiger partial charge in [0.05, 0.1) is 0 Å². The van der Waals surface area contributed by atoms with Crippen LogP contribution in [0.4, 0.5) is 0 Å². The maximum Gasteiger partial charge on any atom is 0.327 e. The van der Waals surface area contributed by atoms with Gasteiger partial charge in [0.25, 0.3) is 0 Å². The molecule has 0 aliphatic heterocycles. The summed E-state index contributed by atoms with van der Waals surface area (Å²) >= 11 is 1.49. The summed E-state index contributed by atoms with van der Waals surface area (Å²) in [7, 11) is 0. The summed E-state index contributed by atoms with van der Waals surface area (Å²) < 4.78 is 6.04. The van der Waals surface area contributed by atoms with Crippen LogP contribution in [-0.4, -0.2) is 46.6 Å². The number of carbonyl (C=O) groups is 3. The van der Waals surface area contributed by atoms with Crippen LogP contribution >= 0.6 is 11.8 Å². The average Bonchev–Trinajstić information content (AvgIpc) is 3.26. The van der Waals surface area contributed by atoms with Crippen molar-refractivity contribution in [1.82, 2.24) is 5.32 Å². The van der Waals surface area contributed by atoms with Crippen molar-refractivity contribution >= 4 is 29.6 Å². The molecule has 0 spiro atoms. The first-order valence-corrected chi connectivity index (χ1v) is 28.9. The van der Waals surface area contributed by atoms with E-state index in [0.29, 0.717) is 18.6 Å². The van der Waals surface area contributed by atoms with Gasteiger partial charge in [-0.3, -0.25) is 9.59 Å². The van der Waals surface area contributed by atoms with E-state index in [0.717, 1.165) is 51.4 Å². The Labute approximate surface area is 391 Å². The molecular weight excluding hydrogens is 787 g/mol. The van der Waals surface area contributed by atoms with Crippen LogP contribution in [-0.2, 0) is 19.1 Å². The summed E-state index contributed by atoms with van der Waals surface area (Å²) in [6, 6.07) is -0.924. The fourth-order valence-corrected chi connectivity index (χ4v) is 9.79. The number of aliphatic carboxylic acids is 1. The van der Waals surface area contributed by atoms with E-state index in [-0.39, 0.29) is 23.7 Å². The largest absolute Gasteiger partial charge is 0.480 e. The predicted molar refractivity (Wildman–Crippen MR) is 272 cm³/mol. The normalized spacial score (nSPS) is 12.4. The van der Waals surface area contributed by atoms with E-state index in [1.807, 2.05) is 0 Å². The van der Waals surface area contributed by atoms with Crippen molar-refractivity contribution in [2.24, 2.45) is 0 Å². The Bertz CT molecular complexity index is 947. The molecule has 0 saturated carbocycles. The molecule has 0 aromatic rings. The second kappa shape index (κ2) is 50.8. The smallest absolute Gasteiger partial charge is 0.327 e. The van der Waals surface area contributed by atoms with Crippen molar-refractivity contribution in [2.45, 2.75) is 322 Å². The van der Waals surface area contributed by atoms with Gasteiger partial charge in [0.1, 0.15) is 12.1 Å². The second-order valence-electron chi connectivity index (χ2n) is 19.2. The third kappa shape index (κ3) is 46.7. The molecule has 0 aromatic carbocycles. The van der Waals surface area contributed by atoms with Crippen LogP contribution in [0.25, 0.3) is 0 Å². The SMILES string of the molecule is CCCCCCCCCCCCCCCCCC[C@H](CSC[C@@H](NC(=O)CCCCCCCCCCCCCCC)C(=O)O)OC(=O)CCCCCCCCCCCCCCC. The maximum atomic E-state index is 13.0. The highest BCUT2D eigenvalue weighted by Gasteiger charge is 2.22. The minimum Gasteiger partial charge on any atom is -0.480 e. The van der Waals surface area contributed by atoms with E-state index in [1.54, 1.807) is 0 Å². The molecule has 0 radical (unpaired) electrons. The molecule has 1 amide bonds. The third-order valence-electron chi connectivity index (χ3n) is 12.9. The summed E-state index contributed by atoms with van der Waals surface area (Å²) in [5.41, 5.74) is 0. The Morgan fingerprint density at radius 2 is 0.694 bits per heavy atom. The number of carboxylic acids is 1. The van der Waals surface area contributed by atoms with Crippen molar-refractivity contribution < 1.29 is 24.2 Å². The number of carboxylic acid groups (broad SMARTS) is 1. The number of hydrogen-bond acceptors (Lipinski definition) is 5. The van der Waals surface area contributed by atoms with E-state index < -0.39 is 12.0 Å². The lowest BCUT2D eigenvalue weighted by Gasteiger charge is -2.20. The van der Waals surface area contributed by atoms with Crippen molar-refractivity contribution in [2.75, 3.05) is 11.5 Å². The first-order valence-electron chi connectivity index (χ1n) is 27.7. The fourth-order valence-electron chi connectivity index (χ4n) is 8.69. The van der Waals surface area contributed by atoms with Crippen LogP contribution in [0, 0.1) is 0 Å². The Morgan fingerprint density at radius 3 is 1.02 bits per heavy atom. The van der Waals surface area contributed by atoms with Gasteiger partial charge in [-0.2, -0.15) is 11.8 Å². The quantitative estimate of drug-likeness (QED) is 0.0467. The predicted octanol–water partition coefficient (Wildman–Crippen LogP) is 17.8. The minimum absolute atomic E-state index is 0.115. The monoisotopic (exact) mass is 894 g/mol. The number of carbonyl (C=O) groups excluding carboxylic acids is 2. The van der Waals surface area contributed by atoms with Crippen LogP contribution in [0.15, 0.2) is 0 Å². The van der Waals surface area contributed by atoms with Crippen molar-refractivity contribution in [3.05, 3.63) is 0 Å². The van der Waals surface area contributed by atoms with Gasteiger partial charge in [-0.1, -0.05) is 271 Å². The van der Waals surface area contributed by atoms with Crippen molar-refractivity contribution in [3.8, 4) is 0 Å². The molecule has 7 heteroatoms. The standard InChI is InChI=1S/C55H107NO5S/c1-4-7-10-13-16-19-22-25-26-27-30-31-34-37-40-43-46-51(61-54(58)48-45-42-39-36-33-29-24-21-18-15-12-9-6-3)49-62-50-52(55(59)60)56-53(57)47-44-41-38-35-32-28-23-20-17-14-11-8-5-2/h51-52H,4-50H2,1-3H3,(H,56,57)(H,59,60)/t51-,52-/m1/s1. The van der Waals surface area contributed by atoms with Gasteiger partial charge in [-0.15, -0.1) is 0 Å². The van der Waals surface area contributed by atoms with E-state index in [9.17, 15) is 19.5 Å². The molecule has 0 unspecified atom stereocenters. The Balaban J connectivity index is 4.47. The maximum absolute atomic E-state index is 13.0. The molecule has 0 aliphatic carbocycles. The van der Waals surface area contributed by atoms with E-state index in [4.69, 9.17) is 4.74 Å². The minimum atomic E-state index is -0.995. The Morgan fingerprint density at radius 1 is 0.403 bits per heavy atom. The molecule has 0 heterocycles. The zero-order chi connectivity index (χ0) is 45.2. The fraction of sp³-hybridized carbons (Fsp3) is 0.945. The second-order valence-corrected chi connectivity index (χ2v) is 20.3. The summed E-state index contributed by atoms with van der Waals surface area (Å²) in [4.78, 5) is 37.8. The number of esters is 1. The molecule has 6 nitrogen and oxygen atoms in total. The van der Waals surface area contributed by atoms with Crippen molar-refractivity contribution in [1.29, 1.82) is 0 Å². The van der Waals surface area contributed by atoms with E-state index in [2.05, 4.69) is 26.1 Å². The van der Waals surface area contributed by atoms with Crippen LogP contribution in [0.2, 0.25) is 0 Å². The molecule has 0 aromatic heterocycles.